The van der Waals surface area contributed by atoms with Crippen LogP contribution in [0.2, 0.25) is 0 Å². The minimum absolute atomic E-state index is 0.0644. The van der Waals surface area contributed by atoms with E-state index in [1.54, 1.807) is 0 Å². The first-order valence-corrected chi connectivity index (χ1v) is 6.68. The summed E-state index contributed by atoms with van der Waals surface area (Å²) in [6, 6.07) is 5.85. The largest absolute Gasteiger partial charge is 0.490 e. The van der Waals surface area contributed by atoms with Crippen molar-refractivity contribution in [2.24, 2.45) is 0 Å². The summed E-state index contributed by atoms with van der Waals surface area (Å²) in [5, 5.41) is 8.86. The fourth-order valence-corrected chi connectivity index (χ4v) is 2.48. The van der Waals surface area contributed by atoms with Gasteiger partial charge in [0.25, 0.3) is 0 Å². The van der Waals surface area contributed by atoms with E-state index in [4.69, 9.17) is 9.84 Å². The lowest BCUT2D eigenvalue weighted by Gasteiger charge is -2.15. The molecule has 0 spiro atoms. The van der Waals surface area contributed by atoms with Gasteiger partial charge in [-0.3, -0.25) is 4.79 Å². The Morgan fingerprint density at radius 1 is 1.28 bits per heavy atom. The highest BCUT2D eigenvalue weighted by molar-refractivity contribution is 5.70. The van der Waals surface area contributed by atoms with E-state index in [1.807, 2.05) is 18.2 Å². The summed E-state index contributed by atoms with van der Waals surface area (Å²) >= 11 is 0. The van der Waals surface area contributed by atoms with Crippen molar-refractivity contribution in [3.05, 3.63) is 29.3 Å². The molecule has 1 aromatic rings. The van der Waals surface area contributed by atoms with E-state index in [9.17, 15) is 4.79 Å². The quantitative estimate of drug-likeness (QED) is 0.870. The molecule has 1 saturated carbocycles. The van der Waals surface area contributed by atoms with Crippen molar-refractivity contribution < 1.29 is 14.6 Å². The van der Waals surface area contributed by atoms with Gasteiger partial charge < -0.3 is 9.84 Å². The van der Waals surface area contributed by atoms with Crippen LogP contribution in [0.25, 0.3) is 0 Å². The van der Waals surface area contributed by atoms with Crippen molar-refractivity contribution in [2.45, 2.75) is 51.6 Å². The first-order valence-electron chi connectivity index (χ1n) is 6.68. The number of carboxylic acids is 1. The second-order valence-corrected chi connectivity index (χ2v) is 4.93. The number of ether oxygens (including phenoxy) is 1. The molecule has 98 valence electrons. The Hall–Kier alpha value is -1.51. The number of benzene rings is 1. The molecule has 1 fully saturated rings. The molecule has 0 amide bonds. The fourth-order valence-electron chi connectivity index (χ4n) is 2.48. The zero-order valence-electron chi connectivity index (χ0n) is 10.8. The van der Waals surface area contributed by atoms with Crippen LogP contribution in [0.1, 0.15) is 43.7 Å². The molecule has 1 aliphatic rings. The maximum Gasteiger partial charge on any atom is 0.307 e. The molecule has 0 radical (unpaired) electrons. The molecule has 0 atom stereocenters. The molecule has 1 N–H and O–H groups in total. The number of carboxylic acid groups (broad SMARTS) is 1. The van der Waals surface area contributed by atoms with Crippen molar-refractivity contribution >= 4 is 5.97 Å². The zero-order valence-corrected chi connectivity index (χ0v) is 10.8. The summed E-state index contributed by atoms with van der Waals surface area (Å²) < 4.78 is 5.95. The average Bonchev–Trinajstić information content (AvgIpc) is 2.80. The van der Waals surface area contributed by atoms with Crippen LogP contribution in [0.15, 0.2) is 18.2 Å². The van der Waals surface area contributed by atoms with Gasteiger partial charge >= 0.3 is 5.97 Å². The van der Waals surface area contributed by atoms with E-state index in [-0.39, 0.29) is 6.42 Å². The normalized spacial score (nSPS) is 15.8. The third-order valence-corrected chi connectivity index (χ3v) is 3.39. The van der Waals surface area contributed by atoms with Crippen molar-refractivity contribution in [2.75, 3.05) is 0 Å². The van der Waals surface area contributed by atoms with Gasteiger partial charge in [0.1, 0.15) is 5.75 Å². The number of hydrogen-bond donors (Lipinski definition) is 1. The number of carbonyl (C=O) groups is 1. The van der Waals surface area contributed by atoms with Gasteiger partial charge in [0, 0.05) is 0 Å². The van der Waals surface area contributed by atoms with Crippen LogP contribution < -0.4 is 4.74 Å². The SMILES string of the molecule is CCc1cc(CC(=O)O)cc(OC2CCCC2)c1. The van der Waals surface area contributed by atoms with Crippen molar-refractivity contribution in [3.63, 3.8) is 0 Å². The van der Waals surface area contributed by atoms with E-state index in [0.29, 0.717) is 6.10 Å². The Labute approximate surface area is 108 Å². The number of rotatable bonds is 5. The van der Waals surface area contributed by atoms with Gasteiger partial charge in [0.2, 0.25) is 0 Å². The summed E-state index contributed by atoms with van der Waals surface area (Å²) in [5.74, 6) is 0.0348. The topological polar surface area (TPSA) is 46.5 Å². The third-order valence-electron chi connectivity index (χ3n) is 3.39. The van der Waals surface area contributed by atoms with Crippen molar-refractivity contribution in [1.82, 2.24) is 0 Å². The molecule has 0 bridgehead atoms. The Bertz CT molecular complexity index is 420. The summed E-state index contributed by atoms with van der Waals surface area (Å²) in [5.41, 5.74) is 1.97. The van der Waals surface area contributed by atoms with Gasteiger partial charge in [-0.15, -0.1) is 0 Å². The van der Waals surface area contributed by atoms with Crippen LogP contribution in [0, 0.1) is 0 Å². The summed E-state index contributed by atoms with van der Waals surface area (Å²) in [4.78, 5) is 10.8. The van der Waals surface area contributed by atoms with Gasteiger partial charge in [-0.05, 0) is 55.4 Å². The van der Waals surface area contributed by atoms with Gasteiger partial charge in [0.15, 0.2) is 0 Å². The Morgan fingerprint density at radius 2 is 1.94 bits per heavy atom. The van der Waals surface area contributed by atoms with Crippen LogP contribution in [0.3, 0.4) is 0 Å². The average molecular weight is 248 g/mol. The lowest BCUT2D eigenvalue weighted by atomic mass is 10.1. The second kappa shape index (κ2) is 5.89. The smallest absolute Gasteiger partial charge is 0.307 e. The highest BCUT2D eigenvalue weighted by Gasteiger charge is 2.17. The summed E-state index contributed by atoms with van der Waals surface area (Å²) in [6.45, 7) is 2.07. The molecule has 3 nitrogen and oxygen atoms in total. The predicted octanol–water partition coefficient (Wildman–Crippen LogP) is 3.20. The van der Waals surface area contributed by atoms with Crippen molar-refractivity contribution in [3.8, 4) is 5.75 Å². The molecule has 0 aromatic heterocycles. The van der Waals surface area contributed by atoms with E-state index in [1.165, 1.54) is 12.8 Å². The van der Waals surface area contributed by atoms with E-state index >= 15 is 0 Å². The number of aliphatic carboxylic acids is 1. The van der Waals surface area contributed by atoms with E-state index < -0.39 is 5.97 Å². The lowest BCUT2D eigenvalue weighted by Crippen LogP contribution is -2.11. The molecule has 0 unspecified atom stereocenters. The lowest BCUT2D eigenvalue weighted by molar-refractivity contribution is -0.136. The van der Waals surface area contributed by atoms with Gasteiger partial charge in [0.05, 0.1) is 12.5 Å². The maximum absolute atomic E-state index is 10.8. The summed E-state index contributed by atoms with van der Waals surface area (Å²) in [7, 11) is 0. The Balaban J connectivity index is 2.14. The van der Waals surface area contributed by atoms with Gasteiger partial charge in [-0.1, -0.05) is 13.0 Å². The predicted molar refractivity (Wildman–Crippen MR) is 70.0 cm³/mol. The van der Waals surface area contributed by atoms with E-state index in [0.717, 1.165) is 36.1 Å². The van der Waals surface area contributed by atoms with Crippen LogP contribution in [0.4, 0.5) is 0 Å². The van der Waals surface area contributed by atoms with Crippen LogP contribution >= 0.6 is 0 Å². The van der Waals surface area contributed by atoms with Gasteiger partial charge in [-0.25, -0.2) is 0 Å². The zero-order chi connectivity index (χ0) is 13.0. The minimum Gasteiger partial charge on any atom is -0.490 e. The van der Waals surface area contributed by atoms with E-state index in [2.05, 4.69) is 6.92 Å². The van der Waals surface area contributed by atoms with Crippen LogP contribution in [0.5, 0.6) is 5.75 Å². The Morgan fingerprint density at radius 3 is 2.56 bits per heavy atom. The molecule has 2 rings (SSSR count). The molecular weight excluding hydrogens is 228 g/mol. The molecule has 1 aliphatic carbocycles. The molecule has 0 heterocycles. The highest BCUT2D eigenvalue weighted by atomic mass is 16.5. The third kappa shape index (κ3) is 3.49. The molecule has 3 heteroatoms. The molecular formula is C15H20O3. The van der Waals surface area contributed by atoms with Crippen LogP contribution in [-0.4, -0.2) is 17.2 Å². The van der Waals surface area contributed by atoms with Crippen LogP contribution in [-0.2, 0) is 17.6 Å². The van der Waals surface area contributed by atoms with Gasteiger partial charge in [-0.2, -0.15) is 0 Å². The molecule has 0 saturated heterocycles. The molecule has 0 aliphatic heterocycles. The summed E-state index contributed by atoms with van der Waals surface area (Å²) in [6.07, 6.45) is 5.98. The monoisotopic (exact) mass is 248 g/mol. The first kappa shape index (κ1) is 12.9. The molecule has 1 aromatic carbocycles. The minimum atomic E-state index is -0.796. The standard InChI is InChI=1S/C15H20O3/c1-2-11-7-12(10-15(16)17)9-14(8-11)18-13-5-3-4-6-13/h7-9,13H,2-6,10H2,1H3,(H,16,17). The van der Waals surface area contributed by atoms with Crippen molar-refractivity contribution in [1.29, 1.82) is 0 Å². The number of aryl methyl sites for hydroxylation is 1. The molecule has 18 heavy (non-hydrogen) atoms. The first-order chi connectivity index (χ1) is 8.67. The maximum atomic E-state index is 10.8. The fraction of sp³-hybridized carbons (Fsp3) is 0.533. The highest BCUT2D eigenvalue weighted by Crippen LogP contribution is 2.26. The second-order valence-electron chi connectivity index (χ2n) is 4.93. The Kier molecular flexibility index (Phi) is 4.24. The number of hydrogen-bond acceptors (Lipinski definition) is 2.